The topological polar surface area (TPSA) is 69.6 Å². The number of carbonyl (C=O) groups excluding carboxylic acids is 1. The molecule has 1 aromatic carbocycles. The summed E-state index contributed by atoms with van der Waals surface area (Å²) < 4.78 is 13.5. The van der Waals surface area contributed by atoms with Crippen molar-refractivity contribution in [3.05, 3.63) is 29.6 Å². The third kappa shape index (κ3) is 2.24. The Balaban J connectivity index is 1.78. The van der Waals surface area contributed by atoms with Crippen LogP contribution in [0.2, 0.25) is 0 Å². The number of benzene rings is 1. The van der Waals surface area contributed by atoms with Gasteiger partial charge in [-0.15, -0.1) is 0 Å². The van der Waals surface area contributed by atoms with Gasteiger partial charge in [0.25, 0.3) is 0 Å². The monoisotopic (exact) mass is 292 g/mol. The molecule has 5 nitrogen and oxygen atoms in total. The van der Waals surface area contributed by atoms with E-state index >= 15 is 0 Å². The van der Waals surface area contributed by atoms with Gasteiger partial charge in [-0.25, -0.2) is 9.18 Å². The first-order valence-corrected chi connectivity index (χ1v) is 7.06. The van der Waals surface area contributed by atoms with Gasteiger partial charge in [-0.2, -0.15) is 0 Å². The fourth-order valence-corrected chi connectivity index (χ4v) is 3.49. The molecule has 2 amide bonds. The number of carboxylic acid groups (broad SMARTS) is 1. The molecule has 2 bridgehead atoms. The van der Waals surface area contributed by atoms with Gasteiger partial charge < -0.3 is 15.3 Å². The van der Waals surface area contributed by atoms with Crippen LogP contribution in [0.3, 0.4) is 0 Å². The van der Waals surface area contributed by atoms with E-state index in [2.05, 4.69) is 5.32 Å². The van der Waals surface area contributed by atoms with Gasteiger partial charge in [-0.3, -0.25) is 4.79 Å². The Bertz CT molecular complexity index is 605. The minimum atomic E-state index is -0.845. The molecular weight excluding hydrogens is 275 g/mol. The fraction of sp³-hybridized carbons (Fsp3) is 0.467. The summed E-state index contributed by atoms with van der Waals surface area (Å²) in [6, 6.07) is 3.91. The zero-order valence-electron chi connectivity index (χ0n) is 11.7. The second-order valence-corrected chi connectivity index (χ2v) is 5.73. The van der Waals surface area contributed by atoms with Gasteiger partial charge >= 0.3 is 12.0 Å². The number of carboxylic acids is 1. The average Bonchev–Trinajstić information content (AvgIpc) is 3.01. The van der Waals surface area contributed by atoms with Crippen LogP contribution in [0.1, 0.15) is 24.8 Å². The molecule has 0 aliphatic carbocycles. The Morgan fingerprint density at radius 1 is 1.38 bits per heavy atom. The maximum atomic E-state index is 13.5. The van der Waals surface area contributed by atoms with Crippen LogP contribution >= 0.6 is 0 Å². The number of nitrogens with zero attached hydrogens (tertiary/aromatic N) is 1. The van der Waals surface area contributed by atoms with Gasteiger partial charge in [0.05, 0.1) is 5.92 Å². The molecule has 3 unspecified atom stereocenters. The Morgan fingerprint density at radius 2 is 2.14 bits per heavy atom. The zero-order valence-corrected chi connectivity index (χ0v) is 11.7. The molecule has 3 rings (SSSR count). The largest absolute Gasteiger partial charge is 0.481 e. The summed E-state index contributed by atoms with van der Waals surface area (Å²) in [5.41, 5.74) is 0.811. The van der Waals surface area contributed by atoms with Crippen molar-refractivity contribution < 1.29 is 19.1 Å². The predicted molar refractivity (Wildman–Crippen MR) is 74.5 cm³/mol. The number of hydrogen-bond acceptors (Lipinski definition) is 2. The SMILES string of the molecule is Cc1c(F)cccc1NC(=O)N1C2CCC1C(C(=O)O)C2. The smallest absolute Gasteiger partial charge is 0.322 e. The van der Waals surface area contributed by atoms with Gasteiger partial charge in [0.2, 0.25) is 0 Å². The minimum absolute atomic E-state index is 0.0232. The number of fused-ring (bicyclic) bond motifs is 2. The van der Waals surface area contributed by atoms with Crippen molar-refractivity contribution in [2.75, 3.05) is 5.32 Å². The lowest BCUT2D eigenvalue weighted by Gasteiger charge is -2.24. The van der Waals surface area contributed by atoms with E-state index in [-0.39, 0.29) is 23.9 Å². The Morgan fingerprint density at radius 3 is 2.81 bits per heavy atom. The van der Waals surface area contributed by atoms with E-state index in [0.29, 0.717) is 17.7 Å². The standard InChI is InChI=1S/C15H17FN2O3/c1-8-11(16)3-2-4-12(8)17-15(21)18-9-5-6-13(18)10(7-9)14(19)20/h2-4,9-10,13H,5-7H2,1H3,(H,17,21)(H,19,20). The Hall–Kier alpha value is -2.11. The first-order chi connectivity index (χ1) is 9.99. The number of nitrogens with one attached hydrogen (secondary N) is 1. The second kappa shape index (κ2) is 5.02. The molecule has 2 saturated heterocycles. The summed E-state index contributed by atoms with van der Waals surface area (Å²) in [6.45, 7) is 1.60. The minimum Gasteiger partial charge on any atom is -0.481 e. The molecule has 2 aliphatic rings. The summed E-state index contributed by atoms with van der Waals surface area (Å²) in [6.07, 6.45) is 2.07. The molecule has 6 heteroatoms. The lowest BCUT2D eigenvalue weighted by molar-refractivity contribution is -0.142. The maximum Gasteiger partial charge on any atom is 0.322 e. The highest BCUT2D eigenvalue weighted by atomic mass is 19.1. The van der Waals surface area contributed by atoms with Crippen molar-refractivity contribution in [3.63, 3.8) is 0 Å². The lowest BCUT2D eigenvalue weighted by atomic mass is 9.89. The maximum absolute atomic E-state index is 13.5. The molecule has 112 valence electrons. The summed E-state index contributed by atoms with van der Waals surface area (Å²) in [7, 11) is 0. The van der Waals surface area contributed by atoms with E-state index in [9.17, 15) is 19.1 Å². The zero-order chi connectivity index (χ0) is 15.1. The number of rotatable bonds is 2. The second-order valence-electron chi connectivity index (χ2n) is 5.73. The van der Waals surface area contributed by atoms with E-state index in [1.165, 1.54) is 12.1 Å². The first-order valence-electron chi connectivity index (χ1n) is 7.06. The summed E-state index contributed by atoms with van der Waals surface area (Å²) in [5, 5.41) is 11.9. The van der Waals surface area contributed by atoms with Gasteiger partial charge in [0.15, 0.2) is 0 Å². The van der Waals surface area contributed by atoms with Gasteiger partial charge in [0, 0.05) is 23.3 Å². The molecule has 2 fully saturated rings. The number of amides is 2. The van der Waals surface area contributed by atoms with Crippen LogP contribution in [0.4, 0.5) is 14.9 Å². The van der Waals surface area contributed by atoms with Crippen molar-refractivity contribution in [3.8, 4) is 0 Å². The molecule has 2 heterocycles. The third-order valence-corrected chi connectivity index (χ3v) is 4.60. The van der Waals surface area contributed by atoms with Crippen LogP contribution in [0.25, 0.3) is 0 Å². The highest BCUT2D eigenvalue weighted by Gasteiger charge is 2.51. The van der Waals surface area contributed by atoms with E-state index in [0.717, 1.165) is 12.8 Å². The molecule has 0 aromatic heterocycles. The molecule has 21 heavy (non-hydrogen) atoms. The third-order valence-electron chi connectivity index (χ3n) is 4.60. The van der Waals surface area contributed by atoms with Crippen LogP contribution < -0.4 is 5.32 Å². The van der Waals surface area contributed by atoms with Crippen LogP contribution in [0.15, 0.2) is 18.2 Å². The summed E-state index contributed by atoms with van der Waals surface area (Å²) >= 11 is 0. The van der Waals surface area contributed by atoms with Crippen molar-refractivity contribution in [2.45, 2.75) is 38.3 Å². The Kier molecular flexibility index (Phi) is 3.31. The van der Waals surface area contributed by atoms with E-state index in [1.54, 1.807) is 17.9 Å². The first kappa shape index (κ1) is 13.9. The molecule has 1 aromatic rings. The highest BCUT2D eigenvalue weighted by molar-refractivity contribution is 5.91. The molecule has 0 radical (unpaired) electrons. The van der Waals surface area contributed by atoms with Crippen molar-refractivity contribution in [1.29, 1.82) is 0 Å². The predicted octanol–water partition coefficient (Wildman–Crippen LogP) is 2.60. The van der Waals surface area contributed by atoms with E-state index < -0.39 is 11.9 Å². The number of halogens is 1. The molecule has 2 aliphatic heterocycles. The molecular formula is C15H17FN2O3. The highest BCUT2D eigenvalue weighted by Crippen LogP contribution is 2.42. The number of hydrogen-bond donors (Lipinski definition) is 2. The van der Waals surface area contributed by atoms with E-state index in [1.807, 2.05) is 0 Å². The van der Waals surface area contributed by atoms with Crippen LogP contribution in [0, 0.1) is 18.7 Å². The Labute approximate surface area is 121 Å². The van der Waals surface area contributed by atoms with Crippen molar-refractivity contribution >= 4 is 17.7 Å². The summed E-state index contributed by atoms with van der Waals surface area (Å²) in [4.78, 5) is 25.2. The molecule has 0 spiro atoms. The summed E-state index contributed by atoms with van der Waals surface area (Å²) in [5.74, 6) is -1.70. The van der Waals surface area contributed by atoms with Gasteiger partial charge in [0.1, 0.15) is 5.82 Å². The quantitative estimate of drug-likeness (QED) is 0.880. The fourth-order valence-electron chi connectivity index (χ4n) is 3.49. The van der Waals surface area contributed by atoms with Crippen molar-refractivity contribution in [2.24, 2.45) is 5.92 Å². The number of urea groups is 1. The lowest BCUT2D eigenvalue weighted by Crippen LogP contribution is -2.40. The average molecular weight is 292 g/mol. The van der Waals surface area contributed by atoms with Crippen LogP contribution in [-0.2, 0) is 4.79 Å². The molecule has 0 saturated carbocycles. The van der Waals surface area contributed by atoms with Gasteiger partial charge in [-0.1, -0.05) is 6.07 Å². The van der Waals surface area contributed by atoms with Crippen LogP contribution in [-0.4, -0.2) is 34.1 Å². The van der Waals surface area contributed by atoms with Crippen LogP contribution in [0.5, 0.6) is 0 Å². The normalized spacial score (nSPS) is 27.0. The van der Waals surface area contributed by atoms with E-state index in [4.69, 9.17) is 0 Å². The number of carbonyl (C=O) groups is 2. The van der Waals surface area contributed by atoms with Gasteiger partial charge in [-0.05, 0) is 38.3 Å². The molecule has 2 N–H and O–H groups in total. The molecule has 3 atom stereocenters. The number of anilines is 1. The van der Waals surface area contributed by atoms with Crippen molar-refractivity contribution in [1.82, 2.24) is 4.90 Å². The number of aliphatic carboxylic acids is 1.